The summed E-state index contributed by atoms with van der Waals surface area (Å²) in [4.78, 5) is 24.2. The number of halogens is 1. The van der Waals surface area contributed by atoms with Crippen LogP contribution >= 0.6 is 11.6 Å². The number of aromatic nitrogens is 4. The lowest BCUT2D eigenvalue weighted by Crippen LogP contribution is -2.34. The molecule has 2 heterocycles. The fourth-order valence-corrected chi connectivity index (χ4v) is 2.78. The maximum Gasteiger partial charge on any atom is 0.389 e. The Bertz CT molecular complexity index is 985. The molecule has 28 heavy (non-hydrogen) atoms. The Balaban J connectivity index is 1.71. The first kappa shape index (κ1) is 19.5. The van der Waals surface area contributed by atoms with Crippen LogP contribution in [0.2, 0.25) is 5.02 Å². The van der Waals surface area contributed by atoms with Crippen molar-refractivity contribution in [2.75, 3.05) is 6.54 Å². The topological polar surface area (TPSA) is 120 Å². The van der Waals surface area contributed by atoms with E-state index in [1.54, 1.807) is 24.3 Å². The molecule has 0 aliphatic carbocycles. The summed E-state index contributed by atoms with van der Waals surface area (Å²) in [5.41, 5.74) is 0.611. The van der Waals surface area contributed by atoms with Crippen LogP contribution in [0.1, 0.15) is 19.2 Å². The van der Waals surface area contributed by atoms with E-state index in [1.165, 1.54) is 21.8 Å². The third-order valence-electron chi connectivity index (χ3n) is 3.85. The Morgan fingerprint density at radius 1 is 1.32 bits per heavy atom. The quantitative estimate of drug-likeness (QED) is 0.418. The zero-order chi connectivity index (χ0) is 20.1. The summed E-state index contributed by atoms with van der Waals surface area (Å²) >= 11 is 6.14. The highest BCUT2D eigenvalue weighted by Gasteiger charge is 2.21. The van der Waals surface area contributed by atoms with Crippen LogP contribution in [0.3, 0.4) is 0 Å². The molecule has 3 rings (SSSR count). The zero-order valence-electron chi connectivity index (χ0n) is 15.0. The highest BCUT2D eigenvalue weighted by atomic mass is 35.5. The molecule has 0 unspecified atom stereocenters. The van der Waals surface area contributed by atoms with Crippen molar-refractivity contribution in [1.82, 2.24) is 24.9 Å². The van der Waals surface area contributed by atoms with Gasteiger partial charge < -0.3 is 19.4 Å². The molecule has 2 aromatic heterocycles. The number of nitrogens with zero attached hydrogens (tertiary/aromatic N) is 6. The van der Waals surface area contributed by atoms with Crippen LogP contribution in [0.25, 0.3) is 11.5 Å². The first-order valence-electron chi connectivity index (χ1n) is 8.50. The largest absolute Gasteiger partial charge is 0.419 e. The van der Waals surface area contributed by atoms with Crippen molar-refractivity contribution in [3.8, 4) is 11.5 Å². The number of rotatable bonds is 8. The van der Waals surface area contributed by atoms with Gasteiger partial charge in [-0.2, -0.15) is 4.68 Å². The lowest BCUT2D eigenvalue weighted by molar-refractivity contribution is -0.389. The SMILES string of the molecule is CCCN(Cc1nnc(-c2ccccc2Cl)o1)C(=O)Cn1ccc([N+](=O)[O-])n1. The van der Waals surface area contributed by atoms with Crippen molar-refractivity contribution < 1.29 is 14.1 Å². The van der Waals surface area contributed by atoms with E-state index in [0.29, 0.717) is 17.1 Å². The van der Waals surface area contributed by atoms with Gasteiger partial charge in [0.2, 0.25) is 17.7 Å². The first-order chi connectivity index (χ1) is 13.5. The normalized spacial score (nSPS) is 10.8. The summed E-state index contributed by atoms with van der Waals surface area (Å²) in [5, 5.41) is 22.9. The summed E-state index contributed by atoms with van der Waals surface area (Å²) in [6.07, 6.45) is 2.11. The summed E-state index contributed by atoms with van der Waals surface area (Å²) < 4.78 is 6.88. The lowest BCUT2D eigenvalue weighted by atomic mass is 10.2. The maximum absolute atomic E-state index is 12.6. The third kappa shape index (κ3) is 4.52. The van der Waals surface area contributed by atoms with Gasteiger partial charge in [-0.05, 0) is 23.5 Å². The van der Waals surface area contributed by atoms with E-state index in [1.807, 2.05) is 6.92 Å². The second-order valence-corrected chi connectivity index (χ2v) is 6.33. The second-order valence-electron chi connectivity index (χ2n) is 5.92. The molecular weight excluding hydrogens is 388 g/mol. The van der Waals surface area contributed by atoms with E-state index < -0.39 is 4.92 Å². The molecule has 0 saturated carbocycles. The highest BCUT2D eigenvalue weighted by Crippen LogP contribution is 2.26. The van der Waals surface area contributed by atoms with Crippen LogP contribution in [0.15, 0.2) is 40.9 Å². The van der Waals surface area contributed by atoms with Crippen molar-refractivity contribution in [1.29, 1.82) is 0 Å². The van der Waals surface area contributed by atoms with Gasteiger partial charge in [0.05, 0.1) is 34.5 Å². The van der Waals surface area contributed by atoms with Crippen LogP contribution in [0.5, 0.6) is 0 Å². The minimum Gasteiger partial charge on any atom is -0.419 e. The van der Waals surface area contributed by atoms with Crippen LogP contribution in [0, 0.1) is 10.1 Å². The van der Waals surface area contributed by atoms with E-state index in [-0.39, 0.29) is 36.6 Å². The molecule has 146 valence electrons. The zero-order valence-corrected chi connectivity index (χ0v) is 15.7. The van der Waals surface area contributed by atoms with Gasteiger partial charge in [-0.25, -0.2) is 0 Å². The van der Waals surface area contributed by atoms with Crippen LogP contribution < -0.4 is 0 Å². The minimum absolute atomic E-state index is 0.119. The molecule has 1 amide bonds. The van der Waals surface area contributed by atoms with Gasteiger partial charge in [0.1, 0.15) is 6.54 Å². The van der Waals surface area contributed by atoms with E-state index in [9.17, 15) is 14.9 Å². The number of benzene rings is 1. The van der Waals surface area contributed by atoms with Crippen LogP contribution in [0.4, 0.5) is 5.82 Å². The summed E-state index contributed by atoms with van der Waals surface area (Å²) in [6, 6.07) is 8.33. The minimum atomic E-state index is -0.612. The van der Waals surface area contributed by atoms with Gasteiger partial charge >= 0.3 is 5.82 Å². The molecule has 0 N–H and O–H groups in total. The van der Waals surface area contributed by atoms with Gasteiger partial charge in [0.15, 0.2) is 0 Å². The molecule has 0 atom stereocenters. The average Bonchev–Trinajstić information content (AvgIpc) is 3.31. The molecule has 0 bridgehead atoms. The second kappa shape index (κ2) is 8.61. The van der Waals surface area contributed by atoms with Gasteiger partial charge in [-0.1, -0.05) is 30.7 Å². The Kier molecular flexibility index (Phi) is 5.99. The summed E-state index contributed by atoms with van der Waals surface area (Å²) in [7, 11) is 0. The molecule has 0 radical (unpaired) electrons. The van der Waals surface area contributed by atoms with Crippen LogP contribution in [-0.4, -0.2) is 42.3 Å². The van der Waals surface area contributed by atoms with Crippen molar-refractivity contribution in [3.05, 3.63) is 57.6 Å². The van der Waals surface area contributed by atoms with Gasteiger partial charge in [0.25, 0.3) is 0 Å². The molecule has 0 spiro atoms. The van der Waals surface area contributed by atoms with Crippen molar-refractivity contribution >= 4 is 23.3 Å². The Morgan fingerprint density at radius 3 is 2.79 bits per heavy atom. The predicted octanol–water partition coefficient (Wildman–Crippen LogP) is 2.93. The lowest BCUT2D eigenvalue weighted by Gasteiger charge is -2.19. The fraction of sp³-hybridized carbons (Fsp3) is 0.294. The maximum atomic E-state index is 12.6. The molecule has 0 aliphatic rings. The number of hydrogen-bond donors (Lipinski definition) is 0. The number of carbonyl (C=O) groups excluding carboxylic acids is 1. The standard InChI is InChI=1S/C17H17ClN6O4/c1-2-8-22(16(25)11-23-9-7-14(21-23)24(26)27)10-15-19-20-17(28-15)12-5-3-4-6-13(12)18/h3-7,9H,2,8,10-11H2,1H3. The number of amides is 1. The fourth-order valence-electron chi connectivity index (χ4n) is 2.56. The molecular formula is C17H17ClN6O4. The summed E-state index contributed by atoms with van der Waals surface area (Å²) in [6.45, 7) is 2.39. The van der Waals surface area contributed by atoms with Gasteiger partial charge in [-0.3, -0.25) is 4.79 Å². The van der Waals surface area contributed by atoms with Crippen LogP contribution in [-0.2, 0) is 17.9 Å². The Labute approximate surface area is 164 Å². The molecule has 3 aromatic rings. The molecule has 0 aliphatic heterocycles. The predicted molar refractivity (Wildman–Crippen MR) is 99.3 cm³/mol. The molecule has 0 saturated heterocycles. The number of nitro groups is 1. The van der Waals surface area contributed by atoms with Crippen molar-refractivity contribution in [2.24, 2.45) is 0 Å². The molecule has 11 heteroatoms. The van der Waals surface area contributed by atoms with Gasteiger partial charge in [0, 0.05) is 6.54 Å². The average molecular weight is 405 g/mol. The smallest absolute Gasteiger partial charge is 0.389 e. The Hall–Kier alpha value is -3.27. The first-order valence-corrected chi connectivity index (χ1v) is 8.88. The third-order valence-corrected chi connectivity index (χ3v) is 4.18. The van der Waals surface area contributed by atoms with E-state index >= 15 is 0 Å². The molecule has 10 nitrogen and oxygen atoms in total. The monoisotopic (exact) mass is 404 g/mol. The van der Waals surface area contributed by atoms with Crippen molar-refractivity contribution in [2.45, 2.75) is 26.4 Å². The number of hydrogen-bond acceptors (Lipinski definition) is 7. The van der Waals surface area contributed by atoms with E-state index in [0.717, 1.165) is 6.42 Å². The molecule has 1 aromatic carbocycles. The highest BCUT2D eigenvalue weighted by molar-refractivity contribution is 6.33. The Morgan fingerprint density at radius 2 is 2.11 bits per heavy atom. The van der Waals surface area contributed by atoms with Crippen molar-refractivity contribution in [3.63, 3.8) is 0 Å². The van der Waals surface area contributed by atoms with E-state index in [2.05, 4.69) is 15.3 Å². The summed E-state index contributed by atoms with van der Waals surface area (Å²) in [5.74, 6) is -0.0381. The molecule has 0 fully saturated rings. The van der Waals surface area contributed by atoms with Gasteiger partial charge in [-0.15, -0.1) is 10.2 Å². The number of carbonyl (C=O) groups is 1. The van der Waals surface area contributed by atoms with E-state index in [4.69, 9.17) is 16.0 Å².